The van der Waals surface area contributed by atoms with Crippen LogP contribution in [0.5, 0.6) is 0 Å². The molecule has 0 aromatic carbocycles. The van der Waals surface area contributed by atoms with Crippen molar-refractivity contribution in [3.8, 4) is 0 Å². The minimum Gasteiger partial charge on any atom is -0.346 e. The molecule has 11 heavy (non-hydrogen) atoms. The van der Waals surface area contributed by atoms with Crippen molar-refractivity contribution in [1.82, 2.24) is 15.8 Å². The van der Waals surface area contributed by atoms with Gasteiger partial charge < -0.3 is 4.90 Å². The molecule has 1 atom stereocenters. The van der Waals surface area contributed by atoms with Crippen molar-refractivity contribution < 1.29 is 4.79 Å². The zero-order chi connectivity index (χ0) is 8.27. The summed E-state index contributed by atoms with van der Waals surface area (Å²) in [6, 6.07) is 0.309. The second-order valence-corrected chi connectivity index (χ2v) is 2.90. The molecule has 0 saturated carbocycles. The second kappa shape index (κ2) is 3.69. The van der Waals surface area contributed by atoms with Crippen LogP contribution >= 0.6 is 0 Å². The predicted octanol–water partition coefficient (Wildman–Crippen LogP) is -0.669. The average molecular weight is 157 g/mol. The van der Waals surface area contributed by atoms with Crippen molar-refractivity contribution in [2.75, 3.05) is 20.6 Å². The van der Waals surface area contributed by atoms with E-state index in [2.05, 4.69) is 10.9 Å². The molecule has 1 aliphatic rings. The first-order valence-corrected chi connectivity index (χ1v) is 3.90. The third-order valence-corrected chi connectivity index (χ3v) is 2.01. The molecule has 0 bridgehead atoms. The lowest BCUT2D eigenvalue weighted by molar-refractivity contribution is -0.132. The number of piperidine rings is 1. The van der Waals surface area contributed by atoms with Crippen LogP contribution in [0.25, 0.3) is 0 Å². The Morgan fingerprint density at radius 2 is 2.36 bits per heavy atom. The minimum atomic E-state index is 0.226. The van der Waals surface area contributed by atoms with Crippen LogP contribution in [-0.2, 0) is 4.79 Å². The van der Waals surface area contributed by atoms with Crippen LogP contribution in [0.2, 0.25) is 0 Å². The van der Waals surface area contributed by atoms with Gasteiger partial charge in [-0.15, -0.1) is 0 Å². The van der Waals surface area contributed by atoms with Crippen LogP contribution in [0.15, 0.2) is 0 Å². The minimum absolute atomic E-state index is 0.226. The highest BCUT2D eigenvalue weighted by atomic mass is 16.2. The molecular weight excluding hydrogens is 142 g/mol. The number of hydrogen-bond donors (Lipinski definition) is 2. The maximum Gasteiger partial charge on any atom is 0.223 e. The summed E-state index contributed by atoms with van der Waals surface area (Å²) in [5, 5.41) is 0. The number of nitrogens with one attached hydrogen (secondary N) is 2. The smallest absolute Gasteiger partial charge is 0.223 e. The van der Waals surface area contributed by atoms with Gasteiger partial charge in [0.15, 0.2) is 0 Å². The van der Waals surface area contributed by atoms with Gasteiger partial charge >= 0.3 is 0 Å². The molecule has 1 amide bonds. The van der Waals surface area contributed by atoms with Gasteiger partial charge in [0.1, 0.15) is 0 Å². The fourth-order valence-electron chi connectivity index (χ4n) is 1.27. The van der Waals surface area contributed by atoms with Gasteiger partial charge in [0, 0.05) is 26.1 Å². The van der Waals surface area contributed by atoms with Crippen molar-refractivity contribution in [1.29, 1.82) is 0 Å². The Morgan fingerprint density at radius 1 is 1.64 bits per heavy atom. The van der Waals surface area contributed by atoms with Crippen LogP contribution in [-0.4, -0.2) is 37.5 Å². The molecule has 4 heteroatoms. The van der Waals surface area contributed by atoms with Crippen LogP contribution in [0, 0.1) is 0 Å². The Morgan fingerprint density at radius 3 is 2.91 bits per heavy atom. The third-order valence-electron chi connectivity index (χ3n) is 2.01. The standard InChI is InChI=1S/C7H15N3O/c1-8-9-6-3-4-10(2)7(11)5-6/h6,8-9H,3-5H2,1-2H3. The number of likely N-dealkylation sites (tertiary alicyclic amines) is 1. The summed E-state index contributed by atoms with van der Waals surface area (Å²) in [6.45, 7) is 0.859. The van der Waals surface area contributed by atoms with E-state index in [9.17, 15) is 4.79 Å². The topological polar surface area (TPSA) is 44.4 Å². The number of carbonyl (C=O) groups is 1. The molecule has 1 heterocycles. The molecule has 1 unspecified atom stereocenters. The highest BCUT2D eigenvalue weighted by Gasteiger charge is 2.21. The molecule has 0 aromatic rings. The molecule has 1 saturated heterocycles. The molecule has 0 aromatic heterocycles. The molecular formula is C7H15N3O. The largest absolute Gasteiger partial charge is 0.346 e. The Kier molecular flexibility index (Phi) is 2.84. The zero-order valence-electron chi connectivity index (χ0n) is 7.05. The first-order valence-electron chi connectivity index (χ1n) is 3.90. The van der Waals surface area contributed by atoms with Crippen molar-refractivity contribution >= 4 is 5.91 Å². The lowest BCUT2D eigenvalue weighted by atomic mass is 10.1. The summed E-state index contributed by atoms with van der Waals surface area (Å²) in [4.78, 5) is 12.9. The number of hydrogen-bond acceptors (Lipinski definition) is 3. The van der Waals surface area contributed by atoms with E-state index in [4.69, 9.17) is 0 Å². The van der Waals surface area contributed by atoms with E-state index in [-0.39, 0.29) is 5.91 Å². The second-order valence-electron chi connectivity index (χ2n) is 2.90. The third kappa shape index (κ3) is 2.17. The number of carbonyl (C=O) groups excluding carboxylic acids is 1. The summed E-state index contributed by atoms with van der Waals surface area (Å²) in [6.07, 6.45) is 1.64. The van der Waals surface area contributed by atoms with E-state index in [0.717, 1.165) is 13.0 Å². The number of hydrazine groups is 1. The van der Waals surface area contributed by atoms with Gasteiger partial charge in [-0.25, -0.2) is 0 Å². The Hall–Kier alpha value is -0.610. The van der Waals surface area contributed by atoms with Gasteiger partial charge in [0.05, 0.1) is 0 Å². The molecule has 0 aliphatic carbocycles. The zero-order valence-corrected chi connectivity index (χ0v) is 7.05. The number of nitrogens with zero attached hydrogens (tertiary/aromatic N) is 1. The monoisotopic (exact) mass is 157 g/mol. The fourth-order valence-corrected chi connectivity index (χ4v) is 1.27. The molecule has 4 nitrogen and oxygen atoms in total. The predicted molar refractivity (Wildman–Crippen MR) is 42.9 cm³/mol. The number of rotatable bonds is 2. The first-order chi connectivity index (χ1) is 5.24. The van der Waals surface area contributed by atoms with Gasteiger partial charge in [0.25, 0.3) is 0 Å². The van der Waals surface area contributed by atoms with E-state index in [1.54, 1.807) is 4.90 Å². The summed E-state index contributed by atoms with van der Waals surface area (Å²) >= 11 is 0. The molecule has 0 radical (unpaired) electrons. The summed E-state index contributed by atoms with van der Waals surface area (Å²) in [5.74, 6) is 0.226. The number of amides is 1. The van der Waals surface area contributed by atoms with Gasteiger partial charge in [-0.2, -0.15) is 0 Å². The van der Waals surface area contributed by atoms with Crippen molar-refractivity contribution in [3.63, 3.8) is 0 Å². The van der Waals surface area contributed by atoms with E-state index in [1.165, 1.54) is 0 Å². The van der Waals surface area contributed by atoms with Crippen LogP contribution in [0.1, 0.15) is 12.8 Å². The van der Waals surface area contributed by atoms with Gasteiger partial charge in [-0.05, 0) is 13.5 Å². The molecule has 64 valence electrons. The van der Waals surface area contributed by atoms with Crippen LogP contribution < -0.4 is 10.9 Å². The van der Waals surface area contributed by atoms with Crippen molar-refractivity contribution in [2.24, 2.45) is 0 Å². The maximum atomic E-state index is 11.1. The Labute approximate surface area is 66.9 Å². The van der Waals surface area contributed by atoms with Gasteiger partial charge in [0.2, 0.25) is 5.91 Å². The van der Waals surface area contributed by atoms with Gasteiger partial charge in [-0.1, -0.05) is 0 Å². The van der Waals surface area contributed by atoms with Crippen molar-refractivity contribution in [2.45, 2.75) is 18.9 Å². The summed E-state index contributed by atoms with van der Waals surface area (Å²) < 4.78 is 0. The summed E-state index contributed by atoms with van der Waals surface area (Å²) in [5.41, 5.74) is 5.89. The normalized spacial score (nSPS) is 25.8. The average Bonchev–Trinajstić information content (AvgIpc) is 1.98. The Balaban J connectivity index is 2.34. The highest BCUT2D eigenvalue weighted by Crippen LogP contribution is 2.08. The van der Waals surface area contributed by atoms with E-state index >= 15 is 0 Å². The molecule has 1 aliphatic heterocycles. The van der Waals surface area contributed by atoms with Gasteiger partial charge in [-0.3, -0.25) is 15.6 Å². The van der Waals surface area contributed by atoms with Crippen LogP contribution in [0.4, 0.5) is 0 Å². The quantitative estimate of drug-likeness (QED) is 0.523. The lowest BCUT2D eigenvalue weighted by Gasteiger charge is -2.28. The summed E-state index contributed by atoms with van der Waals surface area (Å²) in [7, 11) is 3.67. The molecule has 1 rings (SSSR count). The molecule has 1 fully saturated rings. The first kappa shape index (κ1) is 8.49. The maximum absolute atomic E-state index is 11.1. The van der Waals surface area contributed by atoms with Crippen molar-refractivity contribution in [3.05, 3.63) is 0 Å². The van der Waals surface area contributed by atoms with Crippen LogP contribution in [0.3, 0.4) is 0 Å². The fraction of sp³-hybridized carbons (Fsp3) is 0.857. The van der Waals surface area contributed by atoms with E-state index in [0.29, 0.717) is 12.5 Å². The lowest BCUT2D eigenvalue weighted by Crippen LogP contribution is -2.47. The Bertz CT molecular complexity index is 149. The SMILES string of the molecule is CNNC1CCN(C)C(=O)C1. The molecule has 0 spiro atoms. The van der Waals surface area contributed by atoms with E-state index in [1.807, 2.05) is 14.1 Å². The van der Waals surface area contributed by atoms with E-state index < -0.39 is 0 Å². The molecule has 2 N–H and O–H groups in total. The highest BCUT2D eigenvalue weighted by molar-refractivity contribution is 5.77.